The fourth-order valence-corrected chi connectivity index (χ4v) is 4.10. The van der Waals surface area contributed by atoms with Gasteiger partial charge in [0.25, 0.3) is 0 Å². The molecule has 2 atom stereocenters. The minimum absolute atomic E-state index is 0.244. The zero-order chi connectivity index (χ0) is 15.4. The molecule has 22 heavy (non-hydrogen) atoms. The van der Waals surface area contributed by atoms with E-state index in [9.17, 15) is 4.79 Å². The third kappa shape index (κ3) is 3.64. The van der Waals surface area contributed by atoms with Crippen LogP contribution in [0, 0.1) is 5.92 Å². The van der Waals surface area contributed by atoms with Crippen molar-refractivity contribution in [3.05, 3.63) is 35.9 Å². The smallest absolute Gasteiger partial charge is 0.224 e. The molecule has 0 aromatic heterocycles. The lowest BCUT2D eigenvalue weighted by Gasteiger charge is -2.30. The molecule has 2 aliphatic rings. The summed E-state index contributed by atoms with van der Waals surface area (Å²) in [4.78, 5) is 17.0. The molecule has 0 N–H and O–H groups in total. The third-order valence-corrected chi connectivity index (χ3v) is 5.17. The summed E-state index contributed by atoms with van der Waals surface area (Å²) in [5.41, 5.74) is 1.36. The first-order chi connectivity index (χ1) is 10.8. The molecule has 3 nitrogen and oxygen atoms in total. The standard InChI is InChI=1S/C18H25ClN2O/c19-10-9-18(22)21-11-5-4-8-16-13-20(14-17(16)21)12-15-6-2-1-3-7-15/h1-3,6-7,16-17H,4-5,8-14H2/t16-,17+/m1/s1. The maximum absolute atomic E-state index is 12.4. The lowest BCUT2D eigenvalue weighted by atomic mass is 9.98. The van der Waals surface area contributed by atoms with E-state index >= 15 is 0 Å². The number of nitrogens with zero attached hydrogens (tertiary/aromatic N) is 2. The van der Waals surface area contributed by atoms with Crippen molar-refractivity contribution in [3.8, 4) is 0 Å². The van der Waals surface area contributed by atoms with Crippen LogP contribution in [-0.4, -0.2) is 47.3 Å². The molecule has 0 spiro atoms. The van der Waals surface area contributed by atoms with Crippen LogP contribution in [0.2, 0.25) is 0 Å². The number of fused-ring (bicyclic) bond motifs is 1. The molecule has 0 saturated carbocycles. The summed E-state index contributed by atoms with van der Waals surface area (Å²) in [6.07, 6.45) is 4.11. The highest BCUT2D eigenvalue weighted by Crippen LogP contribution is 2.31. The van der Waals surface area contributed by atoms with Crippen LogP contribution in [0.3, 0.4) is 0 Å². The van der Waals surface area contributed by atoms with E-state index in [0.717, 1.165) is 32.6 Å². The van der Waals surface area contributed by atoms with Crippen LogP contribution in [0.15, 0.2) is 30.3 Å². The monoisotopic (exact) mass is 320 g/mol. The van der Waals surface area contributed by atoms with Gasteiger partial charge < -0.3 is 4.90 Å². The summed E-state index contributed by atoms with van der Waals surface area (Å²) in [6, 6.07) is 11.0. The molecule has 1 amide bonds. The Balaban J connectivity index is 1.67. The van der Waals surface area contributed by atoms with Gasteiger partial charge in [-0.2, -0.15) is 0 Å². The summed E-state index contributed by atoms with van der Waals surface area (Å²) in [7, 11) is 0. The number of hydrogen-bond donors (Lipinski definition) is 0. The van der Waals surface area contributed by atoms with E-state index in [1.165, 1.54) is 18.4 Å². The number of hydrogen-bond acceptors (Lipinski definition) is 2. The van der Waals surface area contributed by atoms with Crippen LogP contribution in [0.5, 0.6) is 0 Å². The molecule has 2 saturated heterocycles. The molecule has 3 rings (SSSR count). The normalized spacial score (nSPS) is 25.8. The maximum Gasteiger partial charge on any atom is 0.224 e. The van der Waals surface area contributed by atoms with E-state index in [0.29, 0.717) is 24.3 Å². The van der Waals surface area contributed by atoms with Gasteiger partial charge in [0.15, 0.2) is 0 Å². The topological polar surface area (TPSA) is 23.6 Å². The van der Waals surface area contributed by atoms with Gasteiger partial charge in [0.1, 0.15) is 0 Å². The van der Waals surface area contributed by atoms with Crippen molar-refractivity contribution < 1.29 is 4.79 Å². The SMILES string of the molecule is O=C(CCCl)N1CCCC[C@@H]2CN(Cc3ccccc3)C[C@@H]21. The van der Waals surface area contributed by atoms with Crippen molar-refractivity contribution in [2.75, 3.05) is 25.5 Å². The van der Waals surface area contributed by atoms with Crippen molar-refractivity contribution in [3.63, 3.8) is 0 Å². The van der Waals surface area contributed by atoms with Gasteiger partial charge in [0, 0.05) is 44.5 Å². The minimum atomic E-state index is 0.244. The van der Waals surface area contributed by atoms with Crippen LogP contribution < -0.4 is 0 Å². The number of halogens is 1. The van der Waals surface area contributed by atoms with E-state index in [1.54, 1.807) is 0 Å². The number of likely N-dealkylation sites (tertiary alicyclic amines) is 2. The predicted octanol–water partition coefficient (Wildman–Crippen LogP) is 3.13. The highest BCUT2D eigenvalue weighted by Gasteiger charge is 2.39. The lowest BCUT2D eigenvalue weighted by molar-refractivity contribution is -0.133. The second-order valence-corrected chi connectivity index (χ2v) is 6.91. The third-order valence-electron chi connectivity index (χ3n) is 4.98. The first kappa shape index (κ1) is 15.8. The van der Waals surface area contributed by atoms with Gasteiger partial charge in [-0.25, -0.2) is 0 Å². The summed E-state index contributed by atoms with van der Waals surface area (Å²) in [5.74, 6) is 1.31. The van der Waals surface area contributed by atoms with Gasteiger partial charge in [-0.15, -0.1) is 11.6 Å². The van der Waals surface area contributed by atoms with Gasteiger partial charge in [-0.05, 0) is 24.3 Å². The van der Waals surface area contributed by atoms with Crippen molar-refractivity contribution in [2.24, 2.45) is 5.92 Å². The largest absolute Gasteiger partial charge is 0.338 e. The first-order valence-electron chi connectivity index (χ1n) is 8.39. The Labute approximate surface area is 138 Å². The Hall–Kier alpha value is -1.06. The average Bonchev–Trinajstić information content (AvgIpc) is 2.80. The van der Waals surface area contributed by atoms with Crippen molar-refractivity contribution >= 4 is 17.5 Å². The van der Waals surface area contributed by atoms with Crippen molar-refractivity contribution in [1.82, 2.24) is 9.80 Å². The first-order valence-corrected chi connectivity index (χ1v) is 8.93. The van der Waals surface area contributed by atoms with Gasteiger partial charge >= 0.3 is 0 Å². The van der Waals surface area contributed by atoms with Crippen LogP contribution in [0.25, 0.3) is 0 Å². The van der Waals surface area contributed by atoms with Gasteiger partial charge in [-0.1, -0.05) is 36.8 Å². The molecular weight excluding hydrogens is 296 g/mol. The Morgan fingerprint density at radius 1 is 1.18 bits per heavy atom. The Morgan fingerprint density at radius 2 is 2.00 bits per heavy atom. The number of carbonyl (C=O) groups excluding carboxylic acids is 1. The zero-order valence-electron chi connectivity index (χ0n) is 13.1. The second kappa shape index (κ2) is 7.47. The van der Waals surface area contributed by atoms with Gasteiger partial charge in [0.05, 0.1) is 0 Å². The van der Waals surface area contributed by atoms with E-state index in [1.807, 2.05) is 0 Å². The second-order valence-electron chi connectivity index (χ2n) is 6.53. The molecule has 0 bridgehead atoms. The predicted molar refractivity (Wildman–Crippen MR) is 89.9 cm³/mol. The molecule has 2 fully saturated rings. The maximum atomic E-state index is 12.4. The highest BCUT2D eigenvalue weighted by atomic mass is 35.5. The Morgan fingerprint density at radius 3 is 2.77 bits per heavy atom. The van der Waals surface area contributed by atoms with E-state index < -0.39 is 0 Å². The number of carbonyl (C=O) groups is 1. The minimum Gasteiger partial charge on any atom is -0.338 e. The highest BCUT2D eigenvalue weighted by molar-refractivity contribution is 6.18. The van der Waals surface area contributed by atoms with Crippen LogP contribution >= 0.6 is 11.6 Å². The summed E-state index contributed by atoms with van der Waals surface area (Å²) in [6.45, 7) is 4.03. The molecule has 120 valence electrons. The molecule has 1 aromatic carbocycles. The summed E-state index contributed by atoms with van der Waals surface area (Å²) >= 11 is 5.78. The Kier molecular flexibility index (Phi) is 5.37. The van der Waals surface area contributed by atoms with Crippen LogP contribution in [-0.2, 0) is 11.3 Å². The van der Waals surface area contributed by atoms with Crippen molar-refractivity contribution in [1.29, 1.82) is 0 Å². The molecule has 0 aliphatic carbocycles. The average molecular weight is 321 g/mol. The van der Waals surface area contributed by atoms with Crippen LogP contribution in [0.1, 0.15) is 31.2 Å². The Bertz CT molecular complexity index is 493. The number of alkyl halides is 1. The zero-order valence-corrected chi connectivity index (χ0v) is 13.8. The molecule has 0 radical (unpaired) electrons. The van der Waals surface area contributed by atoms with Gasteiger partial charge in [0.2, 0.25) is 5.91 Å². The van der Waals surface area contributed by atoms with E-state index in [4.69, 9.17) is 11.6 Å². The lowest BCUT2D eigenvalue weighted by Crippen LogP contribution is -2.44. The summed E-state index contributed by atoms with van der Waals surface area (Å²) in [5, 5.41) is 0. The quantitative estimate of drug-likeness (QED) is 0.796. The molecular formula is C18H25ClN2O. The number of benzene rings is 1. The molecule has 0 unspecified atom stereocenters. The van der Waals surface area contributed by atoms with Crippen LogP contribution in [0.4, 0.5) is 0 Å². The molecule has 4 heteroatoms. The van der Waals surface area contributed by atoms with E-state index in [2.05, 4.69) is 40.1 Å². The van der Waals surface area contributed by atoms with E-state index in [-0.39, 0.29) is 5.91 Å². The molecule has 2 heterocycles. The van der Waals surface area contributed by atoms with Crippen molar-refractivity contribution in [2.45, 2.75) is 38.3 Å². The van der Waals surface area contributed by atoms with Gasteiger partial charge in [-0.3, -0.25) is 9.69 Å². The molecule has 2 aliphatic heterocycles. The number of amides is 1. The fraction of sp³-hybridized carbons (Fsp3) is 0.611. The molecule has 1 aromatic rings. The fourth-order valence-electron chi connectivity index (χ4n) is 3.94. The summed E-state index contributed by atoms with van der Waals surface area (Å²) < 4.78 is 0. The number of rotatable bonds is 4.